The van der Waals surface area contributed by atoms with E-state index in [-0.39, 0.29) is 11.6 Å². The molecule has 23 heavy (non-hydrogen) atoms. The van der Waals surface area contributed by atoms with Crippen LogP contribution >= 0.6 is 0 Å². The lowest BCUT2D eigenvalue weighted by molar-refractivity contribution is -0.0217. The zero-order valence-corrected chi connectivity index (χ0v) is 13.2. The second kappa shape index (κ2) is 5.38. The Morgan fingerprint density at radius 3 is 2.48 bits per heavy atom. The fourth-order valence-corrected chi connectivity index (χ4v) is 3.97. The summed E-state index contributed by atoms with van der Waals surface area (Å²) in [5.74, 6) is 0.718. The summed E-state index contributed by atoms with van der Waals surface area (Å²) >= 11 is 0. The van der Waals surface area contributed by atoms with Crippen LogP contribution in [-0.2, 0) is 4.74 Å². The van der Waals surface area contributed by atoms with Crippen molar-refractivity contribution in [1.82, 2.24) is 0 Å². The number of benzene rings is 2. The van der Waals surface area contributed by atoms with Gasteiger partial charge in [-0.15, -0.1) is 0 Å². The zero-order chi connectivity index (χ0) is 15.9. The molecule has 3 unspecified atom stereocenters. The van der Waals surface area contributed by atoms with E-state index in [1.165, 1.54) is 0 Å². The van der Waals surface area contributed by atoms with Crippen LogP contribution in [0.4, 0.5) is 0 Å². The number of hydrogen-bond donors (Lipinski definition) is 0. The molecular weight excluding hydrogens is 284 g/mol. The number of fused-ring (bicyclic) bond motifs is 2. The van der Waals surface area contributed by atoms with E-state index in [0.717, 1.165) is 24.0 Å². The Balaban J connectivity index is 1.64. The fraction of sp³-hybridized carbons (Fsp3) is 0.286. The molecule has 0 radical (unpaired) electrons. The molecule has 2 bridgehead atoms. The van der Waals surface area contributed by atoms with Crippen LogP contribution in [-0.4, -0.2) is 11.6 Å². The minimum atomic E-state index is -0.361. The summed E-state index contributed by atoms with van der Waals surface area (Å²) in [5, 5.41) is 0. The van der Waals surface area contributed by atoms with Gasteiger partial charge in [0.15, 0.2) is 0 Å². The molecule has 2 heteroatoms. The molecule has 0 heterocycles. The first-order valence-corrected chi connectivity index (χ1v) is 8.22. The van der Waals surface area contributed by atoms with E-state index in [2.05, 4.69) is 19.1 Å². The van der Waals surface area contributed by atoms with Crippen LogP contribution < -0.4 is 0 Å². The number of esters is 1. The van der Waals surface area contributed by atoms with Crippen molar-refractivity contribution in [3.8, 4) is 11.1 Å². The molecule has 2 nitrogen and oxygen atoms in total. The molecule has 0 aromatic heterocycles. The number of carbonyl (C=O) groups is 1. The summed E-state index contributed by atoms with van der Waals surface area (Å²) in [6.07, 6.45) is 6.53. The molecule has 3 atom stereocenters. The van der Waals surface area contributed by atoms with E-state index < -0.39 is 0 Å². The third-order valence-corrected chi connectivity index (χ3v) is 5.18. The molecular formula is C21H20O2. The van der Waals surface area contributed by atoms with Gasteiger partial charge in [-0.2, -0.15) is 0 Å². The van der Waals surface area contributed by atoms with Crippen molar-refractivity contribution in [2.75, 3.05) is 0 Å². The monoisotopic (exact) mass is 304 g/mol. The Labute approximate surface area is 136 Å². The topological polar surface area (TPSA) is 26.3 Å². The molecule has 1 saturated carbocycles. The highest BCUT2D eigenvalue weighted by Crippen LogP contribution is 2.48. The molecule has 0 spiro atoms. The maximum Gasteiger partial charge on any atom is 0.339 e. The summed E-state index contributed by atoms with van der Waals surface area (Å²) in [4.78, 5) is 12.8. The fourth-order valence-electron chi connectivity index (χ4n) is 3.97. The number of carbonyl (C=O) groups excluding carboxylic acids is 1. The average Bonchev–Trinajstić information content (AvgIpc) is 3.16. The van der Waals surface area contributed by atoms with Gasteiger partial charge in [0, 0.05) is 5.92 Å². The van der Waals surface area contributed by atoms with Gasteiger partial charge in [0.1, 0.15) is 5.60 Å². The van der Waals surface area contributed by atoms with Gasteiger partial charge in [-0.05, 0) is 42.9 Å². The summed E-state index contributed by atoms with van der Waals surface area (Å²) in [5.41, 5.74) is 2.26. The van der Waals surface area contributed by atoms with Gasteiger partial charge in [0.05, 0.1) is 5.56 Å². The lowest BCUT2D eigenvalue weighted by Gasteiger charge is -2.31. The van der Waals surface area contributed by atoms with Crippen LogP contribution in [0.15, 0.2) is 66.7 Å². The summed E-state index contributed by atoms with van der Waals surface area (Å²) in [6.45, 7) is 2.07. The average molecular weight is 304 g/mol. The standard InChI is InChI=1S/C21H20O2/c1-21(14-15-11-12-17(21)13-15)23-20(22)19-10-6-5-9-18(19)16-7-3-2-4-8-16/h2-12,15,17H,13-14H2,1H3. The van der Waals surface area contributed by atoms with Crippen molar-refractivity contribution >= 4 is 5.97 Å². The Kier molecular flexibility index (Phi) is 3.33. The first-order valence-electron chi connectivity index (χ1n) is 8.22. The van der Waals surface area contributed by atoms with Gasteiger partial charge in [0.2, 0.25) is 0 Å². The second-order valence-electron chi connectivity index (χ2n) is 6.81. The first-order chi connectivity index (χ1) is 11.2. The molecule has 2 aromatic carbocycles. The molecule has 4 rings (SSSR count). The van der Waals surface area contributed by atoms with Crippen molar-refractivity contribution < 1.29 is 9.53 Å². The predicted octanol–water partition coefficient (Wildman–Crippen LogP) is 4.87. The van der Waals surface area contributed by atoms with Gasteiger partial charge < -0.3 is 4.74 Å². The number of hydrogen-bond acceptors (Lipinski definition) is 2. The summed E-state index contributed by atoms with van der Waals surface area (Å²) in [6, 6.07) is 17.7. The number of allylic oxidation sites excluding steroid dienone is 1. The van der Waals surface area contributed by atoms with Crippen molar-refractivity contribution in [2.45, 2.75) is 25.4 Å². The Hall–Kier alpha value is -2.35. The van der Waals surface area contributed by atoms with Crippen LogP contribution in [0.1, 0.15) is 30.1 Å². The zero-order valence-electron chi connectivity index (χ0n) is 13.2. The maximum absolute atomic E-state index is 12.8. The van der Waals surface area contributed by atoms with Crippen molar-refractivity contribution in [3.05, 3.63) is 72.3 Å². The molecule has 116 valence electrons. The molecule has 0 aliphatic heterocycles. The van der Waals surface area contributed by atoms with Gasteiger partial charge in [0.25, 0.3) is 0 Å². The first kappa shape index (κ1) is 14.3. The third kappa shape index (κ3) is 2.48. The Morgan fingerprint density at radius 1 is 1.04 bits per heavy atom. The third-order valence-electron chi connectivity index (χ3n) is 5.18. The molecule has 0 N–H and O–H groups in total. The van der Waals surface area contributed by atoms with Crippen LogP contribution in [0.25, 0.3) is 11.1 Å². The minimum absolute atomic E-state index is 0.215. The highest BCUT2D eigenvalue weighted by molar-refractivity contribution is 5.97. The molecule has 0 amide bonds. The largest absolute Gasteiger partial charge is 0.455 e. The van der Waals surface area contributed by atoms with E-state index >= 15 is 0 Å². The van der Waals surface area contributed by atoms with Crippen LogP contribution in [0.2, 0.25) is 0 Å². The van der Waals surface area contributed by atoms with Gasteiger partial charge in [-0.3, -0.25) is 0 Å². The number of rotatable bonds is 3. The molecule has 2 aromatic rings. The van der Waals surface area contributed by atoms with Crippen LogP contribution in [0.5, 0.6) is 0 Å². The minimum Gasteiger partial charge on any atom is -0.455 e. The van der Waals surface area contributed by atoms with E-state index in [9.17, 15) is 4.79 Å². The lowest BCUT2D eigenvalue weighted by atomic mass is 9.90. The van der Waals surface area contributed by atoms with E-state index in [0.29, 0.717) is 17.4 Å². The molecule has 2 aliphatic carbocycles. The molecule has 0 saturated heterocycles. The lowest BCUT2D eigenvalue weighted by Crippen LogP contribution is -2.36. The van der Waals surface area contributed by atoms with Gasteiger partial charge in [-0.25, -0.2) is 4.79 Å². The normalized spacial score (nSPS) is 28.0. The van der Waals surface area contributed by atoms with Gasteiger partial charge in [-0.1, -0.05) is 60.7 Å². The van der Waals surface area contributed by atoms with E-state index in [1.54, 1.807) is 0 Å². The van der Waals surface area contributed by atoms with E-state index in [1.807, 2.05) is 54.6 Å². The van der Waals surface area contributed by atoms with Crippen molar-refractivity contribution in [1.29, 1.82) is 0 Å². The SMILES string of the molecule is CC1(OC(=O)c2ccccc2-c2ccccc2)CC2C=CC1C2. The Morgan fingerprint density at radius 2 is 1.78 bits per heavy atom. The molecule has 1 fully saturated rings. The highest BCUT2D eigenvalue weighted by atomic mass is 16.6. The second-order valence-corrected chi connectivity index (χ2v) is 6.81. The smallest absolute Gasteiger partial charge is 0.339 e. The Bertz CT molecular complexity index is 762. The summed E-state index contributed by atoms with van der Waals surface area (Å²) < 4.78 is 5.99. The highest BCUT2D eigenvalue weighted by Gasteiger charge is 2.48. The maximum atomic E-state index is 12.8. The van der Waals surface area contributed by atoms with Crippen molar-refractivity contribution in [2.24, 2.45) is 11.8 Å². The quantitative estimate of drug-likeness (QED) is 0.597. The number of ether oxygens (including phenoxy) is 1. The van der Waals surface area contributed by atoms with Crippen molar-refractivity contribution in [3.63, 3.8) is 0 Å². The summed E-state index contributed by atoms with van der Waals surface area (Å²) in [7, 11) is 0. The van der Waals surface area contributed by atoms with Crippen LogP contribution in [0, 0.1) is 11.8 Å². The van der Waals surface area contributed by atoms with Gasteiger partial charge >= 0.3 is 5.97 Å². The predicted molar refractivity (Wildman–Crippen MR) is 91.1 cm³/mol. The van der Waals surface area contributed by atoms with Crippen LogP contribution in [0.3, 0.4) is 0 Å². The molecule has 2 aliphatic rings. The van der Waals surface area contributed by atoms with E-state index in [4.69, 9.17) is 4.74 Å².